The third-order valence-electron chi connectivity index (χ3n) is 13.1. The highest BCUT2D eigenvalue weighted by Crippen LogP contribution is 2.59. The molecule has 0 radical (unpaired) electrons. The molecule has 0 rings (SSSR count). The zero-order valence-corrected chi connectivity index (χ0v) is 37.4. The summed E-state index contributed by atoms with van der Waals surface area (Å²) in [7, 11) is -7.78. The SMILES string of the molecule is CCCC[Si](CCCC)(CCCC)C(O)C(CO)(CO)C(O)([Si](CCCC)(CCCC)CCCC)[Si](CCCC)(CCCC)CCCC. The van der Waals surface area contributed by atoms with Crippen LogP contribution in [-0.2, 0) is 0 Å². The second-order valence-electron chi connectivity index (χ2n) is 16.4. The van der Waals surface area contributed by atoms with E-state index in [4.69, 9.17) is 0 Å². The molecule has 0 aliphatic rings. The fourth-order valence-corrected chi connectivity index (χ4v) is 36.1. The van der Waals surface area contributed by atoms with Gasteiger partial charge in [-0.1, -0.05) is 232 Å². The van der Waals surface area contributed by atoms with Gasteiger partial charge in [-0.3, -0.25) is 0 Å². The predicted molar refractivity (Wildman–Crippen MR) is 222 cm³/mol. The maximum atomic E-state index is 15.0. The van der Waals surface area contributed by atoms with E-state index in [-0.39, 0.29) is 13.2 Å². The van der Waals surface area contributed by atoms with Crippen molar-refractivity contribution in [2.75, 3.05) is 13.2 Å². The Kier molecular flexibility index (Phi) is 26.6. The Bertz CT molecular complexity index is 663. The second kappa shape index (κ2) is 26.3. The summed E-state index contributed by atoms with van der Waals surface area (Å²) in [6, 6.07) is 9.56. The molecule has 0 aromatic rings. The van der Waals surface area contributed by atoms with Crippen LogP contribution in [0.25, 0.3) is 0 Å². The molecule has 290 valence electrons. The van der Waals surface area contributed by atoms with Crippen LogP contribution in [0, 0.1) is 5.41 Å². The Labute approximate surface area is 305 Å². The van der Waals surface area contributed by atoms with Gasteiger partial charge in [-0.25, -0.2) is 0 Å². The Balaban J connectivity index is 8.68. The van der Waals surface area contributed by atoms with Gasteiger partial charge < -0.3 is 20.4 Å². The number of aliphatic hydroxyl groups is 4. The van der Waals surface area contributed by atoms with Crippen LogP contribution in [-0.4, -0.2) is 68.4 Å². The molecule has 4 N–H and O–H groups in total. The van der Waals surface area contributed by atoms with Crippen LogP contribution in [0.1, 0.15) is 178 Å². The van der Waals surface area contributed by atoms with Crippen LogP contribution >= 0.6 is 0 Å². The van der Waals surface area contributed by atoms with E-state index in [0.29, 0.717) is 0 Å². The van der Waals surface area contributed by atoms with Crippen molar-refractivity contribution < 1.29 is 20.4 Å². The molecule has 48 heavy (non-hydrogen) atoms. The van der Waals surface area contributed by atoms with Crippen LogP contribution in [0.5, 0.6) is 0 Å². The van der Waals surface area contributed by atoms with Crippen molar-refractivity contribution in [3.63, 3.8) is 0 Å². The molecule has 1 unspecified atom stereocenters. The molecular weight excluding hydrogens is 641 g/mol. The maximum Gasteiger partial charge on any atom is 0.0883 e. The number of rotatable bonds is 34. The van der Waals surface area contributed by atoms with Crippen LogP contribution in [0.4, 0.5) is 0 Å². The molecule has 0 aromatic carbocycles. The molecule has 0 bridgehead atoms. The molecule has 0 amide bonds. The Hall–Kier alpha value is 0.491. The minimum Gasteiger partial charge on any atom is -0.396 e. The first-order valence-corrected chi connectivity index (χ1v) is 29.6. The normalized spacial score (nSPS) is 14.2. The molecule has 4 nitrogen and oxygen atoms in total. The highest BCUT2D eigenvalue weighted by Gasteiger charge is 2.73. The summed E-state index contributed by atoms with van der Waals surface area (Å²) in [6.07, 6.45) is 19.8. The molecule has 1 atom stereocenters. The lowest BCUT2D eigenvalue weighted by Gasteiger charge is -2.67. The summed E-state index contributed by atoms with van der Waals surface area (Å²) in [6.45, 7) is 20.0. The topological polar surface area (TPSA) is 80.9 Å². The van der Waals surface area contributed by atoms with Crippen LogP contribution in [0.2, 0.25) is 54.4 Å². The molecular formula is C41H90O4Si3. The van der Waals surface area contributed by atoms with Gasteiger partial charge >= 0.3 is 0 Å². The lowest BCUT2D eigenvalue weighted by atomic mass is 9.90. The van der Waals surface area contributed by atoms with E-state index < -0.39 is 40.2 Å². The number of hydrogen-bond acceptors (Lipinski definition) is 4. The lowest BCUT2D eigenvalue weighted by molar-refractivity contribution is -0.102. The highest BCUT2D eigenvalue weighted by molar-refractivity contribution is 7.02. The molecule has 0 saturated heterocycles. The van der Waals surface area contributed by atoms with E-state index in [9.17, 15) is 20.4 Å². The summed E-state index contributed by atoms with van der Waals surface area (Å²) >= 11 is 0. The summed E-state index contributed by atoms with van der Waals surface area (Å²) in [4.78, 5) is -1.13. The van der Waals surface area contributed by atoms with Crippen molar-refractivity contribution in [3.8, 4) is 0 Å². The molecule has 0 aliphatic heterocycles. The molecule has 0 saturated carbocycles. The lowest BCUT2D eigenvalue weighted by Crippen LogP contribution is -2.85. The molecule has 7 heteroatoms. The van der Waals surface area contributed by atoms with Gasteiger partial charge in [-0.15, -0.1) is 0 Å². The second-order valence-corrected chi connectivity index (χ2v) is 31.3. The average Bonchev–Trinajstić information content (AvgIpc) is 3.11. The van der Waals surface area contributed by atoms with Gasteiger partial charge in [0, 0.05) is 0 Å². The summed E-state index contributed by atoms with van der Waals surface area (Å²) in [5, 5.41) is 52.9. The zero-order valence-electron chi connectivity index (χ0n) is 34.4. The fraction of sp³-hybridized carbons (Fsp3) is 1.00. The largest absolute Gasteiger partial charge is 0.396 e. The van der Waals surface area contributed by atoms with Gasteiger partial charge in [-0.2, -0.15) is 0 Å². The maximum absolute atomic E-state index is 15.0. The van der Waals surface area contributed by atoms with E-state index in [0.717, 1.165) is 170 Å². The van der Waals surface area contributed by atoms with Crippen LogP contribution in [0.15, 0.2) is 0 Å². The summed E-state index contributed by atoms with van der Waals surface area (Å²) in [5.41, 5.74) is -2.04. The van der Waals surface area contributed by atoms with Gasteiger partial charge in [0.1, 0.15) is 0 Å². The van der Waals surface area contributed by atoms with Gasteiger partial charge in [0.2, 0.25) is 0 Å². The first-order valence-electron chi connectivity index (χ1n) is 21.7. The van der Waals surface area contributed by atoms with Crippen molar-refractivity contribution in [1.29, 1.82) is 0 Å². The van der Waals surface area contributed by atoms with Crippen molar-refractivity contribution in [1.82, 2.24) is 0 Å². The third kappa shape index (κ3) is 11.7. The number of aliphatic hydroxyl groups excluding tert-OH is 3. The van der Waals surface area contributed by atoms with E-state index in [1.54, 1.807) is 0 Å². The molecule has 0 spiro atoms. The fourth-order valence-electron chi connectivity index (χ4n) is 10.2. The van der Waals surface area contributed by atoms with Gasteiger partial charge in [0.25, 0.3) is 0 Å². The number of unbranched alkanes of at least 4 members (excludes halogenated alkanes) is 9. The van der Waals surface area contributed by atoms with E-state index in [1.807, 2.05) is 0 Å². The Morgan fingerprint density at radius 1 is 0.396 bits per heavy atom. The monoisotopic (exact) mass is 731 g/mol. The quantitative estimate of drug-likeness (QED) is 0.0497. The Morgan fingerprint density at radius 3 is 0.792 bits per heavy atom. The first-order chi connectivity index (χ1) is 23.1. The highest BCUT2D eigenvalue weighted by atomic mass is 28.4. The molecule has 0 heterocycles. The summed E-state index contributed by atoms with van der Waals surface area (Å²) in [5.74, 6) is 0. The van der Waals surface area contributed by atoms with E-state index >= 15 is 0 Å². The van der Waals surface area contributed by atoms with Crippen molar-refractivity contribution in [2.45, 2.75) is 243 Å². The first kappa shape index (κ1) is 48.5. The van der Waals surface area contributed by atoms with E-state index in [1.165, 1.54) is 0 Å². The van der Waals surface area contributed by atoms with Crippen LogP contribution < -0.4 is 0 Å². The van der Waals surface area contributed by atoms with Gasteiger partial charge in [0.15, 0.2) is 0 Å². The van der Waals surface area contributed by atoms with Gasteiger partial charge in [0.05, 0.1) is 53.4 Å². The van der Waals surface area contributed by atoms with Crippen molar-refractivity contribution in [3.05, 3.63) is 0 Å². The summed E-state index contributed by atoms with van der Waals surface area (Å²) < 4.78 is 0. The minimum absolute atomic E-state index is 0.279. The van der Waals surface area contributed by atoms with Gasteiger partial charge in [-0.05, 0) is 0 Å². The minimum atomic E-state index is -2.65. The average molecular weight is 731 g/mol. The van der Waals surface area contributed by atoms with Crippen molar-refractivity contribution >= 4 is 24.2 Å². The number of hydrogen-bond donors (Lipinski definition) is 4. The smallest absolute Gasteiger partial charge is 0.0883 e. The molecule has 0 fully saturated rings. The molecule has 0 aliphatic carbocycles. The van der Waals surface area contributed by atoms with E-state index in [2.05, 4.69) is 62.3 Å². The van der Waals surface area contributed by atoms with Crippen LogP contribution in [0.3, 0.4) is 0 Å². The third-order valence-corrected chi connectivity index (χ3v) is 33.9. The van der Waals surface area contributed by atoms with Crippen molar-refractivity contribution in [2.24, 2.45) is 5.41 Å². The zero-order chi connectivity index (χ0) is 36.6. The Morgan fingerprint density at radius 2 is 0.604 bits per heavy atom. The standard InChI is InChI=1S/C41H90O4Si3/c1-10-19-28-46(29-20-11-2,30-21-12-3)39(44)40(37-42,38-43)41(45,47(31-22-13-4,32-23-14-5)33-24-15-6)48(34-25-16-7,35-26-17-8)36-27-18-9/h39,42-45H,10-38H2,1-9H3. The predicted octanol–water partition coefficient (Wildman–Crippen LogP) is 12.2. The molecule has 0 aromatic heterocycles.